The minimum absolute atomic E-state index is 0.0573. The summed E-state index contributed by atoms with van der Waals surface area (Å²) in [5.74, 6) is 1.03. The average Bonchev–Trinajstić information content (AvgIpc) is 2.67. The van der Waals surface area contributed by atoms with Crippen LogP contribution in [0.5, 0.6) is 0 Å². The van der Waals surface area contributed by atoms with E-state index < -0.39 is 0 Å². The maximum atomic E-state index is 12.9. The van der Waals surface area contributed by atoms with Crippen LogP contribution in [-0.4, -0.2) is 16.6 Å². The van der Waals surface area contributed by atoms with Crippen molar-refractivity contribution >= 4 is 17.7 Å². The molecule has 1 aromatic heterocycles. The van der Waals surface area contributed by atoms with Crippen LogP contribution in [0.25, 0.3) is 0 Å². The number of aromatic nitrogens is 1. The first kappa shape index (κ1) is 19.5. The van der Waals surface area contributed by atoms with Gasteiger partial charge in [0.05, 0.1) is 12.0 Å². The van der Waals surface area contributed by atoms with Gasteiger partial charge in [-0.3, -0.25) is 9.78 Å². The number of thioether (sulfide) groups is 1. The Kier molecular flexibility index (Phi) is 7.99. The second-order valence-electron chi connectivity index (χ2n) is 6.25. The highest BCUT2D eigenvalue weighted by atomic mass is 32.2. The molecule has 1 aromatic carbocycles. The first-order chi connectivity index (χ1) is 12.2. The normalized spacial score (nSPS) is 14.5. The zero-order valence-corrected chi connectivity index (χ0v) is 16.1. The van der Waals surface area contributed by atoms with Crippen molar-refractivity contribution in [3.05, 3.63) is 66.0 Å². The van der Waals surface area contributed by atoms with Crippen molar-refractivity contribution in [2.24, 2.45) is 5.92 Å². The van der Waals surface area contributed by atoms with Gasteiger partial charge < -0.3 is 5.32 Å². The Morgan fingerprint density at radius 3 is 2.44 bits per heavy atom. The average molecular weight is 357 g/mol. The van der Waals surface area contributed by atoms with Gasteiger partial charge in [0, 0.05) is 17.6 Å². The molecule has 0 spiro atoms. The number of nitrogens with one attached hydrogen (secondary N) is 1. The lowest BCUT2D eigenvalue weighted by Gasteiger charge is -2.26. The number of carbonyl (C=O) groups excluding carboxylic acids is 1. The van der Waals surface area contributed by atoms with Crippen LogP contribution < -0.4 is 5.32 Å². The summed E-state index contributed by atoms with van der Waals surface area (Å²) in [6, 6.07) is 14.2. The van der Waals surface area contributed by atoms with Crippen molar-refractivity contribution in [2.45, 2.75) is 44.9 Å². The molecule has 0 radical (unpaired) electrons. The van der Waals surface area contributed by atoms with Gasteiger partial charge in [-0.1, -0.05) is 57.2 Å². The Balaban J connectivity index is 2.11. The highest BCUT2D eigenvalue weighted by molar-refractivity contribution is 7.99. The largest absolute Gasteiger partial charge is 0.349 e. The summed E-state index contributed by atoms with van der Waals surface area (Å²) in [5, 5.41) is 3.36. The fourth-order valence-electron chi connectivity index (χ4n) is 2.87. The van der Waals surface area contributed by atoms with Crippen LogP contribution in [0.2, 0.25) is 0 Å². The molecule has 2 rings (SSSR count). The van der Waals surface area contributed by atoms with E-state index in [4.69, 9.17) is 0 Å². The van der Waals surface area contributed by atoms with Crippen LogP contribution in [0.1, 0.15) is 56.0 Å². The molecule has 1 N–H and O–H groups in total. The maximum absolute atomic E-state index is 12.9. The third-order valence-corrected chi connectivity index (χ3v) is 5.99. The van der Waals surface area contributed by atoms with Crippen molar-refractivity contribution in [2.75, 3.05) is 5.75 Å². The zero-order valence-electron chi connectivity index (χ0n) is 15.3. The third kappa shape index (κ3) is 5.60. The van der Waals surface area contributed by atoms with Crippen LogP contribution >= 0.6 is 11.8 Å². The molecule has 1 heterocycles. The van der Waals surface area contributed by atoms with E-state index in [1.165, 1.54) is 0 Å². The highest BCUT2D eigenvalue weighted by Crippen LogP contribution is 2.36. The molecule has 0 aliphatic rings. The number of amides is 1. The molecule has 0 saturated heterocycles. The van der Waals surface area contributed by atoms with Crippen LogP contribution in [0, 0.1) is 5.92 Å². The van der Waals surface area contributed by atoms with E-state index in [1.54, 1.807) is 6.20 Å². The van der Waals surface area contributed by atoms with Gasteiger partial charge in [-0.2, -0.15) is 11.8 Å². The van der Waals surface area contributed by atoms with Gasteiger partial charge >= 0.3 is 0 Å². The summed E-state index contributed by atoms with van der Waals surface area (Å²) in [6.07, 6.45) is 5.63. The van der Waals surface area contributed by atoms with Crippen molar-refractivity contribution in [1.82, 2.24) is 10.3 Å². The monoisotopic (exact) mass is 356 g/mol. The SMILES string of the molecule is CCCSC(c1cccnc1)C(C)C(=O)NC(CC)c1ccccc1. The molecule has 134 valence electrons. The van der Waals surface area contributed by atoms with Gasteiger partial charge in [0.25, 0.3) is 0 Å². The van der Waals surface area contributed by atoms with Gasteiger partial charge in [-0.15, -0.1) is 0 Å². The summed E-state index contributed by atoms with van der Waals surface area (Å²) < 4.78 is 0. The number of pyridine rings is 1. The van der Waals surface area contributed by atoms with E-state index >= 15 is 0 Å². The van der Waals surface area contributed by atoms with Gasteiger partial charge in [0.2, 0.25) is 5.91 Å². The van der Waals surface area contributed by atoms with Crippen LogP contribution in [-0.2, 0) is 4.79 Å². The summed E-state index contributed by atoms with van der Waals surface area (Å²) in [6.45, 7) is 6.29. The molecule has 3 atom stereocenters. The van der Waals surface area contributed by atoms with E-state index in [2.05, 4.69) is 42.3 Å². The lowest BCUT2D eigenvalue weighted by molar-refractivity contribution is -0.125. The molecule has 0 aliphatic carbocycles. The van der Waals surface area contributed by atoms with E-state index in [0.717, 1.165) is 29.7 Å². The molecule has 0 bridgehead atoms. The lowest BCUT2D eigenvalue weighted by Crippen LogP contribution is -2.34. The maximum Gasteiger partial charge on any atom is 0.224 e. The molecule has 0 fully saturated rings. The summed E-state index contributed by atoms with van der Waals surface area (Å²) in [7, 11) is 0. The molecule has 2 aromatic rings. The topological polar surface area (TPSA) is 42.0 Å². The van der Waals surface area contributed by atoms with Crippen molar-refractivity contribution in [3.8, 4) is 0 Å². The molecule has 1 amide bonds. The summed E-state index contributed by atoms with van der Waals surface area (Å²) in [5.41, 5.74) is 2.28. The predicted octanol–water partition coefficient (Wildman–Crippen LogP) is 5.17. The zero-order chi connectivity index (χ0) is 18.1. The van der Waals surface area contributed by atoms with E-state index in [0.29, 0.717) is 0 Å². The highest BCUT2D eigenvalue weighted by Gasteiger charge is 2.27. The lowest BCUT2D eigenvalue weighted by atomic mass is 9.98. The fraction of sp³-hybridized carbons (Fsp3) is 0.429. The smallest absolute Gasteiger partial charge is 0.224 e. The van der Waals surface area contributed by atoms with Gasteiger partial charge in [-0.25, -0.2) is 0 Å². The van der Waals surface area contributed by atoms with Gasteiger partial charge in [0.15, 0.2) is 0 Å². The van der Waals surface area contributed by atoms with E-state index in [9.17, 15) is 4.79 Å². The summed E-state index contributed by atoms with van der Waals surface area (Å²) >= 11 is 1.84. The standard InChI is InChI=1S/C21H28N2OS/c1-4-14-25-20(18-12-9-13-22-15-18)16(3)21(24)23-19(5-2)17-10-7-6-8-11-17/h6-13,15-16,19-20H,4-5,14H2,1-3H3,(H,23,24). The number of benzene rings is 1. The molecule has 25 heavy (non-hydrogen) atoms. The molecule has 3 unspecified atom stereocenters. The first-order valence-electron chi connectivity index (χ1n) is 9.04. The number of hydrogen-bond acceptors (Lipinski definition) is 3. The second-order valence-corrected chi connectivity index (χ2v) is 7.50. The molecule has 0 aliphatic heterocycles. The minimum atomic E-state index is -0.112. The Labute approximate surface area is 155 Å². The minimum Gasteiger partial charge on any atom is -0.349 e. The van der Waals surface area contributed by atoms with Gasteiger partial charge in [-0.05, 0) is 35.8 Å². The molecular weight excluding hydrogens is 328 g/mol. The number of hydrogen-bond donors (Lipinski definition) is 1. The van der Waals surface area contributed by atoms with Crippen LogP contribution in [0.15, 0.2) is 54.9 Å². The number of carbonyl (C=O) groups is 1. The Morgan fingerprint density at radius 2 is 1.84 bits per heavy atom. The van der Waals surface area contributed by atoms with Crippen LogP contribution in [0.4, 0.5) is 0 Å². The first-order valence-corrected chi connectivity index (χ1v) is 10.1. The number of nitrogens with zero attached hydrogens (tertiary/aromatic N) is 1. The molecule has 0 saturated carbocycles. The Bertz CT molecular complexity index is 633. The number of rotatable bonds is 9. The Hall–Kier alpha value is -1.81. The van der Waals surface area contributed by atoms with Gasteiger partial charge in [0.1, 0.15) is 0 Å². The van der Waals surface area contributed by atoms with Crippen molar-refractivity contribution < 1.29 is 4.79 Å². The van der Waals surface area contributed by atoms with Crippen molar-refractivity contribution in [1.29, 1.82) is 0 Å². The second kappa shape index (κ2) is 10.2. The predicted molar refractivity (Wildman–Crippen MR) is 107 cm³/mol. The quantitative estimate of drug-likeness (QED) is 0.674. The third-order valence-electron chi connectivity index (χ3n) is 4.31. The molecule has 4 heteroatoms. The summed E-state index contributed by atoms with van der Waals surface area (Å²) in [4.78, 5) is 17.2. The fourth-order valence-corrected chi connectivity index (χ4v) is 4.10. The van der Waals surface area contributed by atoms with Crippen molar-refractivity contribution in [3.63, 3.8) is 0 Å². The Morgan fingerprint density at radius 1 is 1.12 bits per heavy atom. The van der Waals surface area contributed by atoms with Crippen LogP contribution in [0.3, 0.4) is 0 Å². The van der Waals surface area contributed by atoms with E-state index in [-0.39, 0.29) is 23.1 Å². The van der Waals surface area contributed by atoms with E-state index in [1.807, 2.05) is 49.1 Å². The molecular formula is C21H28N2OS. The molecule has 3 nitrogen and oxygen atoms in total.